The molecule has 0 saturated carbocycles. The van der Waals surface area contributed by atoms with Crippen molar-refractivity contribution >= 4 is 35.6 Å². The molecule has 0 aliphatic rings. The number of hydrazone groups is 1. The summed E-state index contributed by atoms with van der Waals surface area (Å²) >= 11 is 5.98. The Morgan fingerprint density at radius 3 is 2.37 bits per heavy atom. The number of carbonyl (C=O) groups is 3. The van der Waals surface area contributed by atoms with Gasteiger partial charge in [-0.05, 0) is 61.0 Å². The van der Waals surface area contributed by atoms with Gasteiger partial charge >= 0.3 is 5.97 Å². The van der Waals surface area contributed by atoms with E-state index in [-0.39, 0.29) is 28.4 Å². The molecule has 3 rings (SSSR count). The van der Waals surface area contributed by atoms with Gasteiger partial charge in [0, 0.05) is 0 Å². The molecule has 0 bridgehead atoms. The van der Waals surface area contributed by atoms with Crippen LogP contribution in [0.5, 0.6) is 23.0 Å². The van der Waals surface area contributed by atoms with Gasteiger partial charge in [-0.15, -0.1) is 0 Å². The van der Waals surface area contributed by atoms with Gasteiger partial charge in [-0.25, -0.2) is 10.2 Å². The van der Waals surface area contributed by atoms with Gasteiger partial charge in [0.15, 0.2) is 23.0 Å². The van der Waals surface area contributed by atoms with E-state index < -0.39 is 17.8 Å². The predicted octanol–water partition coefficient (Wildman–Crippen LogP) is 3.86. The van der Waals surface area contributed by atoms with Crippen LogP contribution in [0, 0.1) is 0 Å². The second kappa shape index (κ2) is 13.7. The first-order chi connectivity index (χ1) is 18.4. The standard InChI is InChI=1S/C27H26ClN3O7/c1-4-37-24-13-17(15-30-31-25(32)16-29-26(33)19-7-5-6-8-20(19)28)9-11-22(24)38-27(34)18-10-12-21(35-2)23(14-18)36-3/h5-15H,4,16H2,1-3H3,(H,29,33)(H,31,32). The number of esters is 1. The van der Waals surface area contributed by atoms with Crippen LogP contribution in [0.25, 0.3) is 0 Å². The highest BCUT2D eigenvalue weighted by molar-refractivity contribution is 6.33. The van der Waals surface area contributed by atoms with Crippen molar-refractivity contribution in [3.8, 4) is 23.0 Å². The number of nitrogens with zero attached hydrogens (tertiary/aromatic N) is 1. The molecule has 0 aliphatic carbocycles. The molecule has 0 radical (unpaired) electrons. The lowest BCUT2D eigenvalue weighted by atomic mass is 10.2. The Labute approximate surface area is 224 Å². The van der Waals surface area contributed by atoms with E-state index in [1.54, 1.807) is 61.5 Å². The molecule has 3 aromatic rings. The van der Waals surface area contributed by atoms with Crippen molar-refractivity contribution in [1.29, 1.82) is 0 Å². The molecular weight excluding hydrogens is 514 g/mol. The maximum atomic E-state index is 12.7. The van der Waals surface area contributed by atoms with Crippen molar-refractivity contribution in [3.05, 3.63) is 82.4 Å². The molecule has 0 saturated heterocycles. The van der Waals surface area contributed by atoms with Crippen LogP contribution in [0.3, 0.4) is 0 Å². The number of benzene rings is 3. The lowest BCUT2D eigenvalue weighted by Crippen LogP contribution is -2.35. The average Bonchev–Trinajstić information content (AvgIpc) is 2.93. The summed E-state index contributed by atoms with van der Waals surface area (Å²) in [6, 6.07) is 16.0. The number of nitrogens with one attached hydrogen (secondary N) is 2. The second-order valence-corrected chi connectivity index (χ2v) is 7.96. The van der Waals surface area contributed by atoms with Crippen LogP contribution in [-0.2, 0) is 4.79 Å². The monoisotopic (exact) mass is 539 g/mol. The number of hydrogen-bond acceptors (Lipinski definition) is 8. The van der Waals surface area contributed by atoms with Crippen molar-refractivity contribution in [1.82, 2.24) is 10.7 Å². The van der Waals surface area contributed by atoms with Crippen molar-refractivity contribution in [2.24, 2.45) is 5.10 Å². The fourth-order valence-corrected chi connectivity index (χ4v) is 3.42. The van der Waals surface area contributed by atoms with Gasteiger partial charge in [0.25, 0.3) is 11.8 Å². The molecule has 10 nitrogen and oxygen atoms in total. The molecule has 2 N–H and O–H groups in total. The number of methoxy groups -OCH3 is 2. The van der Waals surface area contributed by atoms with Crippen molar-refractivity contribution in [2.45, 2.75) is 6.92 Å². The summed E-state index contributed by atoms with van der Waals surface area (Å²) in [5.74, 6) is -0.235. The third-order valence-corrected chi connectivity index (χ3v) is 5.35. The number of carbonyl (C=O) groups excluding carboxylic acids is 3. The number of ether oxygens (including phenoxy) is 4. The molecule has 0 aliphatic heterocycles. The summed E-state index contributed by atoms with van der Waals surface area (Å²) in [6.07, 6.45) is 1.39. The minimum Gasteiger partial charge on any atom is -0.493 e. The second-order valence-electron chi connectivity index (χ2n) is 7.55. The van der Waals surface area contributed by atoms with Gasteiger partial charge < -0.3 is 24.3 Å². The number of hydrogen-bond donors (Lipinski definition) is 2. The Balaban J connectivity index is 1.61. The van der Waals surface area contributed by atoms with Crippen LogP contribution in [0.4, 0.5) is 0 Å². The van der Waals surface area contributed by atoms with Gasteiger partial charge in [-0.1, -0.05) is 23.7 Å². The fourth-order valence-electron chi connectivity index (χ4n) is 3.20. The fraction of sp³-hybridized carbons (Fsp3) is 0.185. The largest absolute Gasteiger partial charge is 0.493 e. The smallest absolute Gasteiger partial charge is 0.343 e. The van der Waals surface area contributed by atoms with Crippen LogP contribution < -0.4 is 29.7 Å². The zero-order valence-corrected chi connectivity index (χ0v) is 21.7. The quantitative estimate of drug-likeness (QED) is 0.164. The van der Waals surface area contributed by atoms with E-state index >= 15 is 0 Å². The Hall–Kier alpha value is -4.57. The van der Waals surface area contributed by atoms with Gasteiger partial charge in [-0.3, -0.25) is 9.59 Å². The Kier molecular flexibility index (Phi) is 10.1. The molecule has 3 aromatic carbocycles. The highest BCUT2D eigenvalue weighted by atomic mass is 35.5. The van der Waals surface area contributed by atoms with Crippen molar-refractivity contribution < 1.29 is 33.3 Å². The molecule has 2 amide bonds. The SMILES string of the molecule is CCOc1cc(C=NNC(=O)CNC(=O)c2ccccc2Cl)ccc1OC(=O)c1ccc(OC)c(OC)c1. The van der Waals surface area contributed by atoms with Gasteiger partial charge in [-0.2, -0.15) is 5.10 Å². The first-order valence-electron chi connectivity index (χ1n) is 11.4. The molecule has 38 heavy (non-hydrogen) atoms. The zero-order valence-electron chi connectivity index (χ0n) is 20.9. The Morgan fingerprint density at radius 1 is 0.921 bits per heavy atom. The van der Waals surface area contributed by atoms with Crippen LogP contribution >= 0.6 is 11.6 Å². The third-order valence-electron chi connectivity index (χ3n) is 5.02. The first kappa shape index (κ1) is 28.0. The van der Waals surface area contributed by atoms with E-state index in [0.29, 0.717) is 29.4 Å². The third kappa shape index (κ3) is 7.47. The van der Waals surface area contributed by atoms with Crippen molar-refractivity contribution in [2.75, 3.05) is 27.4 Å². The first-order valence-corrected chi connectivity index (χ1v) is 11.8. The molecule has 198 valence electrons. The normalized spacial score (nSPS) is 10.5. The van der Waals surface area contributed by atoms with E-state index in [1.807, 2.05) is 0 Å². The Bertz CT molecular complexity index is 1340. The summed E-state index contributed by atoms with van der Waals surface area (Å²) in [5.41, 5.74) is 3.42. The van der Waals surface area contributed by atoms with Crippen molar-refractivity contribution in [3.63, 3.8) is 0 Å². The van der Waals surface area contributed by atoms with Crippen LogP contribution in [-0.4, -0.2) is 51.4 Å². The van der Waals surface area contributed by atoms with E-state index in [0.717, 1.165) is 0 Å². The number of halogens is 1. The summed E-state index contributed by atoms with van der Waals surface area (Å²) in [5, 5.41) is 6.65. The van der Waals surface area contributed by atoms with Crippen LogP contribution in [0.1, 0.15) is 33.2 Å². The lowest BCUT2D eigenvalue weighted by Gasteiger charge is -2.12. The molecule has 0 unspecified atom stereocenters. The topological polar surface area (TPSA) is 125 Å². The summed E-state index contributed by atoms with van der Waals surface area (Å²) in [4.78, 5) is 36.9. The number of amides is 2. The number of rotatable bonds is 11. The van der Waals surface area contributed by atoms with E-state index in [9.17, 15) is 14.4 Å². The molecular formula is C27H26ClN3O7. The van der Waals surface area contributed by atoms with E-state index in [1.165, 1.54) is 26.5 Å². The van der Waals surface area contributed by atoms with Gasteiger partial charge in [0.05, 0.1) is 49.7 Å². The lowest BCUT2D eigenvalue weighted by molar-refractivity contribution is -0.120. The highest BCUT2D eigenvalue weighted by Crippen LogP contribution is 2.31. The molecule has 0 atom stereocenters. The van der Waals surface area contributed by atoms with Crippen LogP contribution in [0.15, 0.2) is 65.8 Å². The minimum atomic E-state index is -0.612. The van der Waals surface area contributed by atoms with Gasteiger partial charge in [0.1, 0.15) is 0 Å². The molecule has 0 fully saturated rings. The highest BCUT2D eigenvalue weighted by Gasteiger charge is 2.16. The zero-order chi connectivity index (χ0) is 27.5. The maximum absolute atomic E-state index is 12.7. The minimum absolute atomic E-state index is 0.204. The summed E-state index contributed by atoms with van der Waals surface area (Å²) in [7, 11) is 2.97. The molecule has 0 spiro atoms. The summed E-state index contributed by atoms with van der Waals surface area (Å²) < 4.78 is 21.6. The predicted molar refractivity (Wildman–Crippen MR) is 142 cm³/mol. The van der Waals surface area contributed by atoms with Crippen LogP contribution in [0.2, 0.25) is 5.02 Å². The molecule has 11 heteroatoms. The van der Waals surface area contributed by atoms with E-state index in [2.05, 4.69) is 15.8 Å². The maximum Gasteiger partial charge on any atom is 0.343 e. The van der Waals surface area contributed by atoms with Gasteiger partial charge in [0.2, 0.25) is 0 Å². The molecule has 0 aromatic heterocycles. The Morgan fingerprint density at radius 2 is 1.66 bits per heavy atom. The average molecular weight is 540 g/mol. The summed E-state index contributed by atoms with van der Waals surface area (Å²) in [6.45, 7) is 1.82. The van der Waals surface area contributed by atoms with E-state index in [4.69, 9.17) is 30.5 Å². The molecule has 0 heterocycles.